The van der Waals surface area contributed by atoms with Gasteiger partial charge in [0.05, 0.1) is 30.2 Å². The van der Waals surface area contributed by atoms with Crippen molar-refractivity contribution >= 4 is 12.1 Å². The van der Waals surface area contributed by atoms with Gasteiger partial charge >= 0.3 is 12.1 Å². The number of hydrogen-bond donors (Lipinski definition) is 1. The summed E-state index contributed by atoms with van der Waals surface area (Å²) in [4.78, 5) is 28.8. The van der Waals surface area contributed by atoms with Crippen molar-refractivity contribution in [1.82, 2.24) is 14.7 Å². The first-order chi connectivity index (χ1) is 11.3. The van der Waals surface area contributed by atoms with E-state index in [2.05, 4.69) is 11.0 Å². The minimum atomic E-state index is -0.925. The Labute approximate surface area is 141 Å². The third-order valence-corrected chi connectivity index (χ3v) is 4.41. The largest absolute Gasteiger partial charge is 0.466 e. The number of nitriles is 1. The maximum absolute atomic E-state index is 12.1. The van der Waals surface area contributed by atoms with Crippen LogP contribution in [0.2, 0.25) is 0 Å². The number of nitrogens with zero attached hydrogens (tertiary/aromatic N) is 4. The Balaban J connectivity index is 2.16. The summed E-state index contributed by atoms with van der Waals surface area (Å²) < 4.78 is 5.13. The first-order valence-corrected chi connectivity index (χ1v) is 8.06. The quantitative estimate of drug-likeness (QED) is 0.602. The van der Waals surface area contributed by atoms with Crippen LogP contribution in [0.15, 0.2) is 11.9 Å². The number of allylic oxidation sites excluding steroid dienone is 1. The van der Waals surface area contributed by atoms with E-state index in [1.165, 1.54) is 11.0 Å². The molecule has 2 fully saturated rings. The zero-order valence-electron chi connectivity index (χ0n) is 14.4. The van der Waals surface area contributed by atoms with Gasteiger partial charge in [-0.2, -0.15) is 5.26 Å². The van der Waals surface area contributed by atoms with Gasteiger partial charge in [0.25, 0.3) is 0 Å². The summed E-state index contributed by atoms with van der Waals surface area (Å²) >= 11 is 0. The molecule has 8 nitrogen and oxygen atoms in total. The molecule has 1 amide bonds. The van der Waals surface area contributed by atoms with Crippen LogP contribution >= 0.6 is 0 Å². The topological polar surface area (TPSA) is 97.1 Å². The molecule has 2 saturated heterocycles. The van der Waals surface area contributed by atoms with Crippen molar-refractivity contribution < 1.29 is 19.4 Å². The van der Waals surface area contributed by atoms with Gasteiger partial charge in [-0.15, -0.1) is 0 Å². The third-order valence-electron chi connectivity index (χ3n) is 4.41. The van der Waals surface area contributed by atoms with Gasteiger partial charge in [0.2, 0.25) is 0 Å². The highest BCUT2D eigenvalue weighted by molar-refractivity contribution is 5.76. The first kappa shape index (κ1) is 17.9. The summed E-state index contributed by atoms with van der Waals surface area (Å²) in [7, 11) is 0. The van der Waals surface area contributed by atoms with E-state index in [9.17, 15) is 14.7 Å². The molecule has 0 aliphatic carbocycles. The smallest absolute Gasteiger partial charge is 0.407 e. The summed E-state index contributed by atoms with van der Waals surface area (Å²) in [5, 5.41) is 18.3. The van der Waals surface area contributed by atoms with E-state index in [4.69, 9.17) is 10.00 Å². The Bertz CT molecular complexity index is 581. The lowest BCUT2D eigenvalue weighted by atomic mass is 9.93. The van der Waals surface area contributed by atoms with Crippen LogP contribution in [0.3, 0.4) is 0 Å². The average Bonchev–Trinajstić information content (AvgIpc) is 2.84. The Kier molecular flexibility index (Phi) is 5.22. The van der Waals surface area contributed by atoms with Crippen molar-refractivity contribution in [2.24, 2.45) is 5.41 Å². The van der Waals surface area contributed by atoms with E-state index < -0.39 is 11.5 Å². The second-order valence-electron chi connectivity index (χ2n) is 6.69. The first-order valence-electron chi connectivity index (χ1n) is 8.06. The number of rotatable bonds is 4. The zero-order valence-corrected chi connectivity index (χ0v) is 14.4. The second kappa shape index (κ2) is 6.99. The number of amides is 1. The van der Waals surface area contributed by atoms with Crippen molar-refractivity contribution in [2.75, 3.05) is 39.3 Å². The van der Waals surface area contributed by atoms with Gasteiger partial charge in [0, 0.05) is 32.7 Å². The normalized spacial score (nSPS) is 22.3. The SMILES string of the molecule is CCOC(=O)C(C)(C)CN1CC2CN(C(=O)O)CCN2C1=CC#N. The maximum atomic E-state index is 12.1. The fraction of sp³-hybridized carbons (Fsp3) is 0.688. The van der Waals surface area contributed by atoms with Crippen LogP contribution in [0.1, 0.15) is 20.8 Å². The molecule has 2 heterocycles. The molecule has 0 aromatic rings. The van der Waals surface area contributed by atoms with Gasteiger partial charge in [0.15, 0.2) is 0 Å². The van der Waals surface area contributed by atoms with E-state index in [1.807, 2.05) is 18.7 Å². The fourth-order valence-electron chi connectivity index (χ4n) is 3.26. The lowest BCUT2D eigenvalue weighted by Crippen LogP contribution is -2.52. The lowest BCUT2D eigenvalue weighted by Gasteiger charge is -2.36. The molecule has 8 heteroatoms. The van der Waals surface area contributed by atoms with Crippen LogP contribution in [0.5, 0.6) is 0 Å². The average molecular weight is 336 g/mol. The Morgan fingerprint density at radius 2 is 2.12 bits per heavy atom. The van der Waals surface area contributed by atoms with E-state index in [0.29, 0.717) is 39.3 Å². The number of fused-ring (bicyclic) bond motifs is 1. The number of hydrogen-bond acceptors (Lipinski definition) is 6. The Morgan fingerprint density at radius 1 is 1.42 bits per heavy atom. The van der Waals surface area contributed by atoms with Gasteiger partial charge in [0.1, 0.15) is 5.82 Å². The molecule has 2 aliphatic heterocycles. The molecule has 0 radical (unpaired) electrons. The summed E-state index contributed by atoms with van der Waals surface area (Å²) in [6, 6.07) is 2.05. The van der Waals surface area contributed by atoms with Gasteiger partial charge in [-0.25, -0.2) is 4.79 Å². The molecule has 0 bridgehead atoms. The number of piperazine rings is 1. The summed E-state index contributed by atoms with van der Waals surface area (Å²) in [5.41, 5.74) is -0.717. The van der Waals surface area contributed by atoms with Gasteiger partial charge in [-0.1, -0.05) is 0 Å². The van der Waals surface area contributed by atoms with Crippen LogP contribution in [0, 0.1) is 16.7 Å². The maximum Gasteiger partial charge on any atom is 0.407 e. The van der Waals surface area contributed by atoms with Crippen LogP contribution in [-0.4, -0.2) is 77.2 Å². The molecular weight excluding hydrogens is 312 g/mol. The molecule has 2 rings (SSSR count). The van der Waals surface area contributed by atoms with Crippen LogP contribution in [0.4, 0.5) is 4.79 Å². The van der Waals surface area contributed by atoms with Gasteiger partial charge in [-0.3, -0.25) is 4.79 Å². The molecule has 0 aromatic heterocycles. The number of carbonyl (C=O) groups excluding carboxylic acids is 1. The monoisotopic (exact) mass is 336 g/mol. The summed E-state index contributed by atoms with van der Waals surface area (Å²) in [6.45, 7) is 8.07. The molecule has 0 spiro atoms. The number of esters is 1. The van der Waals surface area contributed by atoms with Crippen molar-refractivity contribution in [3.63, 3.8) is 0 Å². The minimum Gasteiger partial charge on any atom is -0.466 e. The van der Waals surface area contributed by atoms with Crippen molar-refractivity contribution in [3.05, 3.63) is 11.9 Å². The number of ether oxygens (including phenoxy) is 1. The molecule has 132 valence electrons. The van der Waals surface area contributed by atoms with Crippen molar-refractivity contribution in [3.8, 4) is 6.07 Å². The van der Waals surface area contributed by atoms with Gasteiger partial charge < -0.3 is 24.5 Å². The highest BCUT2D eigenvalue weighted by Gasteiger charge is 2.42. The number of carboxylic acid groups (broad SMARTS) is 1. The summed E-state index contributed by atoms with van der Waals surface area (Å²) in [5.74, 6) is 0.475. The second-order valence-corrected chi connectivity index (χ2v) is 6.69. The molecular formula is C16H24N4O4. The van der Waals surface area contributed by atoms with Crippen molar-refractivity contribution in [1.29, 1.82) is 5.26 Å². The molecule has 1 N–H and O–H groups in total. The van der Waals surface area contributed by atoms with E-state index in [-0.39, 0.29) is 12.0 Å². The molecule has 1 unspecified atom stereocenters. The van der Waals surface area contributed by atoms with E-state index >= 15 is 0 Å². The summed E-state index contributed by atoms with van der Waals surface area (Å²) in [6.07, 6.45) is 0.545. The molecule has 0 saturated carbocycles. The molecule has 1 atom stereocenters. The Morgan fingerprint density at radius 3 is 2.71 bits per heavy atom. The van der Waals surface area contributed by atoms with Gasteiger partial charge in [-0.05, 0) is 20.8 Å². The van der Waals surface area contributed by atoms with Crippen LogP contribution < -0.4 is 0 Å². The van der Waals surface area contributed by atoms with E-state index in [0.717, 1.165) is 5.82 Å². The third kappa shape index (κ3) is 3.55. The Hall–Kier alpha value is -2.43. The lowest BCUT2D eigenvalue weighted by molar-refractivity contribution is -0.154. The predicted molar refractivity (Wildman–Crippen MR) is 85.8 cm³/mol. The standard InChI is InChI=1S/C16H24N4O4/c1-4-24-14(21)16(2,3)11-19-10-12-9-18(15(22)23)7-8-20(12)13(19)5-6-17/h5,12H,4,7-11H2,1-3H3,(H,22,23). The van der Waals surface area contributed by atoms with Crippen molar-refractivity contribution in [2.45, 2.75) is 26.8 Å². The highest BCUT2D eigenvalue weighted by Crippen LogP contribution is 2.31. The van der Waals surface area contributed by atoms with E-state index in [1.54, 1.807) is 6.92 Å². The van der Waals surface area contributed by atoms with Crippen LogP contribution in [-0.2, 0) is 9.53 Å². The predicted octanol–water partition coefficient (Wildman–Crippen LogP) is 0.920. The number of carbonyl (C=O) groups is 2. The minimum absolute atomic E-state index is 0.00699. The molecule has 2 aliphatic rings. The molecule has 0 aromatic carbocycles. The fourth-order valence-corrected chi connectivity index (χ4v) is 3.26. The molecule has 24 heavy (non-hydrogen) atoms. The highest BCUT2D eigenvalue weighted by atomic mass is 16.5. The zero-order chi connectivity index (χ0) is 17.9. The van der Waals surface area contributed by atoms with Crippen LogP contribution in [0.25, 0.3) is 0 Å².